The molecule has 8 heteroatoms. The predicted molar refractivity (Wildman–Crippen MR) is 74.7 cm³/mol. The van der Waals surface area contributed by atoms with Crippen LogP contribution >= 0.6 is 0 Å². The van der Waals surface area contributed by atoms with Crippen molar-refractivity contribution in [3.05, 3.63) is 18.0 Å². The van der Waals surface area contributed by atoms with Gasteiger partial charge in [0.2, 0.25) is 10.0 Å². The van der Waals surface area contributed by atoms with Gasteiger partial charge in [-0.1, -0.05) is 0 Å². The van der Waals surface area contributed by atoms with E-state index in [2.05, 4.69) is 5.32 Å². The van der Waals surface area contributed by atoms with Crippen LogP contribution in [0.5, 0.6) is 0 Å². The third-order valence-electron chi connectivity index (χ3n) is 3.56. The minimum absolute atomic E-state index is 0.106. The molecule has 1 aromatic rings. The van der Waals surface area contributed by atoms with Crippen LogP contribution in [0.4, 0.5) is 0 Å². The van der Waals surface area contributed by atoms with E-state index in [0.29, 0.717) is 13.1 Å². The molecule has 1 aromatic heterocycles. The average Bonchev–Trinajstić information content (AvgIpc) is 2.71. The number of aryl methyl sites for hydroxylation is 1. The molecule has 112 valence electrons. The molecule has 0 radical (unpaired) electrons. The lowest BCUT2D eigenvalue weighted by Crippen LogP contribution is -2.56. The van der Waals surface area contributed by atoms with Crippen LogP contribution in [0.1, 0.15) is 24.3 Å². The van der Waals surface area contributed by atoms with Crippen LogP contribution in [0.15, 0.2) is 17.2 Å². The van der Waals surface area contributed by atoms with Gasteiger partial charge < -0.3 is 15.6 Å². The van der Waals surface area contributed by atoms with E-state index >= 15 is 0 Å². The number of hydrogen-bond donors (Lipinski definition) is 2. The summed E-state index contributed by atoms with van der Waals surface area (Å²) in [6, 6.07) is 1.06. The van der Waals surface area contributed by atoms with Gasteiger partial charge in [-0.3, -0.25) is 4.79 Å². The molecule has 7 nitrogen and oxygen atoms in total. The van der Waals surface area contributed by atoms with Crippen molar-refractivity contribution < 1.29 is 13.2 Å². The van der Waals surface area contributed by atoms with Crippen molar-refractivity contribution in [1.29, 1.82) is 0 Å². The molecule has 0 spiro atoms. The van der Waals surface area contributed by atoms with Crippen molar-refractivity contribution in [1.82, 2.24) is 14.2 Å². The summed E-state index contributed by atoms with van der Waals surface area (Å²) in [7, 11) is -2.03. The summed E-state index contributed by atoms with van der Waals surface area (Å²) in [4.78, 5) is 11.4. The van der Waals surface area contributed by atoms with E-state index in [4.69, 9.17) is 5.73 Å². The summed E-state index contributed by atoms with van der Waals surface area (Å²) in [6.07, 6.45) is 1.43. The van der Waals surface area contributed by atoms with Crippen molar-refractivity contribution in [2.24, 2.45) is 12.8 Å². The summed E-state index contributed by atoms with van der Waals surface area (Å²) in [5, 5.41) is 3.19. The second kappa shape index (κ2) is 5.19. The number of nitrogens with zero attached hydrogens (tertiary/aromatic N) is 2. The van der Waals surface area contributed by atoms with Crippen LogP contribution in [0, 0.1) is 0 Å². The molecule has 0 bridgehead atoms. The van der Waals surface area contributed by atoms with E-state index in [-0.39, 0.29) is 22.7 Å². The Hall–Kier alpha value is -1.38. The van der Waals surface area contributed by atoms with Gasteiger partial charge in [0.1, 0.15) is 10.6 Å². The first-order valence-corrected chi connectivity index (χ1v) is 7.89. The Morgan fingerprint density at radius 1 is 1.35 bits per heavy atom. The lowest BCUT2D eigenvalue weighted by molar-refractivity contribution is 0.0992. The average molecular weight is 300 g/mol. The highest BCUT2D eigenvalue weighted by atomic mass is 32.2. The topological polar surface area (TPSA) is 97.4 Å². The first-order chi connectivity index (χ1) is 9.25. The molecule has 0 saturated carbocycles. The fraction of sp³-hybridized carbons (Fsp3) is 0.583. The van der Waals surface area contributed by atoms with E-state index in [1.165, 1.54) is 21.1 Å². The minimum Gasteiger partial charge on any atom is -0.364 e. The Bertz CT molecular complexity index is 613. The van der Waals surface area contributed by atoms with E-state index < -0.39 is 15.9 Å². The Balaban J connectivity index is 2.44. The molecule has 2 heterocycles. The number of carbonyl (C=O) groups excluding carboxylic acids is 1. The highest BCUT2D eigenvalue weighted by Gasteiger charge is 2.36. The Labute approximate surface area is 118 Å². The third kappa shape index (κ3) is 2.46. The van der Waals surface area contributed by atoms with Crippen molar-refractivity contribution in [3.63, 3.8) is 0 Å². The second-order valence-corrected chi connectivity index (χ2v) is 7.07. The second-order valence-electron chi connectivity index (χ2n) is 5.23. The molecule has 3 N–H and O–H groups in total. The van der Waals surface area contributed by atoms with Crippen LogP contribution in [0.25, 0.3) is 0 Å². The fourth-order valence-electron chi connectivity index (χ4n) is 2.63. The van der Waals surface area contributed by atoms with Gasteiger partial charge in [-0.25, -0.2) is 8.42 Å². The maximum Gasteiger partial charge on any atom is 0.265 e. The first kappa shape index (κ1) is 15.0. The van der Waals surface area contributed by atoms with E-state index in [0.717, 1.165) is 0 Å². The number of carbonyl (C=O) groups is 1. The van der Waals surface area contributed by atoms with Crippen LogP contribution in [-0.2, 0) is 17.1 Å². The summed E-state index contributed by atoms with van der Waals surface area (Å²) in [6.45, 7) is 4.94. The highest BCUT2D eigenvalue weighted by molar-refractivity contribution is 7.89. The molecule has 1 fully saturated rings. The van der Waals surface area contributed by atoms with Crippen LogP contribution < -0.4 is 11.1 Å². The number of piperazine rings is 1. The van der Waals surface area contributed by atoms with Crippen molar-refractivity contribution in [2.75, 3.05) is 13.1 Å². The maximum atomic E-state index is 12.7. The number of nitrogens with one attached hydrogen (secondary N) is 1. The van der Waals surface area contributed by atoms with Gasteiger partial charge in [-0.05, 0) is 19.9 Å². The third-order valence-corrected chi connectivity index (χ3v) is 5.65. The molecule has 20 heavy (non-hydrogen) atoms. The Kier molecular flexibility index (Phi) is 3.90. The molecular weight excluding hydrogens is 280 g/mol. The molecule has 0 aliphatic carbocycles. The van der Waals surface area contributed by atoms with E-state index in [9.17, 15) is 13.2 Å². The molecule has 1 aliphatic rings. The smallest absolute Gasteiger partial charge is 0.265 e. The predicted octanol–water partition coefficient (Wildman–Crippen LogP) is -0.505. The van der Waals surface area contributed by atoms with Crippen LogP contribution in [-0.4, -0.2) is 48.4 Å². The zero-order valence-corrected chi connectivity index (χ0v) is 12.6. The lowest BCUT2D eigenvalue weighted by atomic mass is 10.2. The van der Waals surface area contributed by atoms with Crippen molar-refractivity contribution in [3.8, 4) is 0 Å². The van der Waals surface area contributed by atoms with E-state index in [1.54, 1.807) is 7.05 Å². The molecule has 1 saturated heterocycles. The number of rotatable bonds is 3. The molecule has 0 aromatic carbocycles. The fourth-order valence-corrected chi connectivity index (χ4v) is 4.52. The van der Waals surface area contributed by atoms with Gasteiger partial charge in [-0.15, -0.1) is 0 Å². The van der Waals surface area contributed by atoms with Gasteiger partial charge in [0.25, 0.3) is 5.91 Å². The van der Waals surface area contributed by atoms with Gasteiger partial charge in [0, 0.05) is 38.4 Å². The molecule has 2 atom stereocenters. The Morgan fingerprint density at radius 2 is 1.90 bits per heavy atom. The summed E-state index contributed by atoms with van der Waals surface area (Å²) in [5.41, 5.74) is 5.41. The normalized spacial score (nSPS) is 24.8. The molecule has 1 aliphatic heterocycles. The minimum atomic E-state index is -3.63. The first-order valence-electron chi connectivity index (χ1n) is 6.45. The monoisotopic (exact) mass is 300 g/mol. The molecule has 1 amide bonds. The number of nitrogens with two attached hydrogens (primary N) is 1. The van der Waals surface area contributed by atoms with Crippen molar-refractivity contribution >= 4 is 15.9 Å². The number of aromatic nitrogens is 1. The van der Waals surface area contributed by atoms with Gasteiger partial charge in [0.15, 0.2) is 0 Å². The Morgan fingerprint density at radius 3 is 2.35 bits per heavy atom. The largest absolute Gasteiger partial charge is 0.364 e. The lowest BCUT2D eigenvalue weighted by Gasteiger charge is -2.37. The number of amides is 1. The van der Waals surface area contributed by atoms with Crippen LogP contribution in [0.3, 0.4) is 0 Å². The number of sulfonamides is 1. The SMILES string of the molecule is CC1CNCC(C)N1S(=O)(=O)c1cc(C(N)=O)n(C)c1. The van der Waals surface area contributed by atoms with Gasteiger partial charge in [0.05, 0.1) is 0 Å². The highest BCUT2D eigenvalue weighted by Crippen LogP contribution is 2.24. The summed E-state index contributed by atoms with van der Waals surface area (Å²) < 4.78 is 28.4. The molecule has 2 rings (SSSR count). The quantitative estimate of drug-likeness (QED) is 0.786. The van der Waals surface area contributed by atoms with Gasteiger partial charge in [-0.2, -0.15) is 4.31 Å². The summed E-state index contributed by atoms with van der Waals surface area (Å²) >= 11 is 0. The molecule has 2 unspecified atom stereocenters. The number of primary amides is 1. The number of hydrogen-bond acceptors (Lipinski definition) is 4. The maximum absolute atomic E-state index is 12.7. The van der Waals surface area contributed by atoms with E-state index in [1.807, 2.05) is 13.8 Å². The molecular formula is C12H20N4O3S. The standard InChI is InChI=1S/C12H20N4O3S/c1-8-5-14-6-9(2)16(8)20(18,19)10-4-11(12(13)17)15(3)7-10/h4,7-9,14H,5-6H2,1-3H3,(H2,13,17). The zero-order chi connectivity index (χ0) is 15.1. The van der Waals surface area contributed by atoms with Gasteiger partial charge >= 0.3 is 0 Å². The summed E-state index contributed by atoms with van der Waals surface area (Å²) in [5.74, 6) is -0.643. The van der Waals surface area contributed by atoms with Crippen molar-refractivity contribution in [2.45, 2.75) is 30.8 Å². The van der Waals surface area contributed by atoms with Crippen LogP contribution in [0.2, 0.25) is 0 Å². The zero-order valence-electron chi connectivity index (χ0n) is 11.8.